The molecular formula is C18H17ClFNO3S. The predicted octanol–water partition coefficient (Wildman–Crippen LogP) is 4.45. The van der Waals surface area contributed by atoms with E-state index in [-0.39, 0.29) is 17.5 Å². The van der Waals surface area contributed by atoms with E-state index in [1.54, 1.807) is 30.3 Å². The summed E-state index contributed by atoms with van der Waals surface area (Å²) in [6.07, 6.45) is 0. The smallest absolute Gasteiger partial charge is 0.337 e. The minimum atomic E-state index is -0.469. The van der Waals surface area contributed by atoms with Gasteiger partial charge in [0.05, 0.1) is 18.4 Å². The molecule has 4 nitrogen and oxygen atoms in total. The van der Waals surface area contributed by atoms with Crippen molar-refractivity contribution >= 4 is 40.9 Å². The molecule has 1 N–H and O–H groups in total. The monoisotopic (exact) mass is 381 g/mol. The first-order valence-corrected chi connectivity index (χ1v) is 8.94. The highest BCUT2D eigenvalue weighted by atomic mass is 35.5. The number of nitrogens with one attached hydrogen (secondary N) is 1. The molecule has 0 aromatic heterocycles. The summed E-state index contributed by atoms with van der Waals surface area (Å²) in [5, 5.41) is 3.10. The van der Waals surface area contributed by atoms with Crippen LogP contribution in [0, 0.1) is 12.7 Å². The zero-order valence-corrected chi connectivity index (χ0v) is 15.3. The Morgan fingerprint density at radius 2 is 2.00 bits per heavy atom. The molecule has 1 amide bonds. The van der Waals surface area contributed by atoms with Gasteiger partial charge in [0, 0.05) is 16.5 Å². The Hall–Kier alpha value is -2.05. The van der Waals surface area contributed by atoms with Crippen LogP contribution < -0.4 is 5.32 Å². The highest BCUT2D eigenvalue weighted by Gasteiger charge is 2.11. The number of hydrogen-bond acceptors (Lipinski definition) is 4. The normalized spacial score (nSPS) is 10.4. The quantitative estimate of drug-likeness (QED) is 0.751. The van der Waals surface area contributed by atoms with Crippen molar-refractivity contribution in [2.24, 2.45) is 0 Å². The van der Waals surface area contributed by atoms with E-state index in [0.29, 0.717) is 27.6 Å². The van der Waals surface area contributed by atoms with Crippen LogP contribution in [0.5, 0.6) is 0 Å². The lowest BCUT2D eigenvalue weighted by Gasteiger charge is -2.10. The number of esters is 1. The molecule has 2 aromatic carbocycles. The first kappa shape index (κ1) is 19.3. The lowest BCUT2D eigenvalue weighted by atomic mass is 10.1. The fourth-order valence-electron chi connectivity index (χ4n) is 2.08. The average molecular weight is 382 g/mol. The molecule has 0 atom stereocenters. The van der Waals surface area contributed by atoms with Crippen molar-refractivity contribution in [1.82, 2.24) is 0 Å². The van der Waals surface area contributed by atoms with Crippen molar-refractivity contribution in [1.29, 1.82) is 0 Å². The average Bonchev–Trinajstić information content (AvgIpc) is 2.58. The van der Waals surface area contributed by atoms with Crippen LogP contribution in [0.1, 0.15) is 21.5 Å². The number of amides is 1. The standard InChI is InChI=1S/C18H17ClFNO3S/c1-11-3-4-12(18(23)24-2)7-16(11)21-17(22)10-25-9-13-5-6-14(19)8-15(13)20/h3-8H,9-10H2,1-2H3,(H,21,22). The number of rotatable bonds is 6. The number of carbonyl (C=O) groups excluding carboxylic acids is 2. The van der Waals surface area contributed by atoms with Crippen LogP contribution in [0.15, 0.2) is 36.4 Å². The topological polar surface area (TPSA) is 55.4 Å². The third kappa shape index (κ3) is 5.47. The molecule has 0 aliphatic rings. The summed E-state index contributed by atoms with van der Waals surface area (Å²) in [7, 11) is 1.30. The van der Waals surface area contributed by atoms with Gasteiger partial charge < -0.3 is 10.1 Å². The van der Waals surface area contributed by atoms with Gasteiger partial charge in [-0.25, -0.2) is 9.18 Å². The van der Waals surface area contributed by atoms with Crippen LogP contribution in [-0.4, -0.2) is 24.7 Å². The number of aryl methyl sites for hydroxylation is 1. The van der Waals surface area contributed by atoms with Crippen molar-refractivity contribution in [3.05, 3.63) is 63.9 Å². The van der Waals surface area contributed by atoms with Crippen LogP contribution in [-0.2, 0) is 15.3 Å². The Labute approximate surface area is 154 Å². The lowest BCUT2D eigenvalue weighted by Crippen LogP contribution is -2.15. The number of benzene rings is 2. The molecule has 0 aliphatic heterocycles. The molecule has 0 saturated carbocycles. The predicted molar refractivity (Wildman–Crippen MR) is 98.7 cm³/mol. The van der Waals surface area contributed by atoms with Crippen molar-refractivity contribution in [3.63, 3.8) is 0 Å². The molecule has 7 heteroatoms. The Balaban J connectivity index is 1.93. The Bertz CT molecular complexity index is 798. The zero-order chi connectivity index (χ0) is 18.4. The molecule has 0 saturated heterocycles. The zero-order valence-electron chi connectivity index (χ0n) is 13.8. The minimum Gasteiger partial charge on any atom is -0.465 e. The highest BCUT2D eigenvalue weighted by molar-refractivity contribution is 7.99. The van der Waals surface area contributed by atoms with Gasteiger partial charge in [0.25, 0.3) is 0 Å². The number of hydrogen-bond donors (Lipinski definition) is 1. The fraction of sp³-hybridized carbons (Fsp3) is 0.222. The van der Waals surface area contributed by atoms with Gasteiger partial charge >= 0.3 is 5.97 Å². The molecule has 0 heterocycles. The molecule has 132 valence electrons. The largest absolute Gasteiger partial charge is 0.465 e. The van der Waals surface area contributed by atoms with E-state index in [0.717, 1.165) is 5.56 Å². The molecule has 0 bridgehead atoms. The molecule has 0 unspecified atom stereocenters. The number of ether oxygens (including phenoxy) is 1. The summed E-state index contributed by atoms with van der Waals surface area (Å²) in [5.74, 6) is -0.573. The van der Waals surface area contributed by atoms with Gasteiger partial charge in [-0.3, -0.25) is 4.79 Å². The van der Waals surface area contributed by atoms with E-state index in [9.17, 15) is 14.0 Å². The van der Waals surface area contributed by atoms with Crippen molar-refractivity contribution < 1.29 is 18.7 Å². The van der Waals surface area contributed by atoms with Crippen LogP contribution in [0.4, 0.5) is 10.1 Å². The summed E-state index contributed by atoms with van der Waals surface area (Å²) in [6, 6.07) is 9.41. The van der Waals surface area contributed by atoms with E-state index in [2.05, 4.69) is 10.1 Å². The Kier molecular flexibility index (Phi) is 6.84. The van der Waals surface area contributed by atoms with Crippen molar-refractivity contribution in [2.45, 2.75) is 12.7 Å². The second kappa shape index (κ2) is 8.87. The Morgan fingerprint density at radius 3 is 2.68 bits per heavy atom. The maximum absolute atomic E-state index is 13.7. The maximum Gasteiger partial charge on any atom is 0.337 e. The third-order valence-electron chi connectivity index (χ3n) is 3.44. The van der Waals surface area contributed by atoms with E-state index in [1.807, 2.05) is 6.92 Å². The second-order valence-corrected chi connectivity index (χ2v) is 6.72. The molecule has 2 rings (SSSR count). The van der Waals surface area contributed by atoms with Crippen LogP contribution in [0.3, 0.4) is 0 Å². The van der Waals surface area contributed by atoms with Gasteiger partial charge in [0.1, 0.15) is 5.82 Å². The van der Waals surface area contributed by atoms with Gasteiger partial charge in [-0.1, -0.05) is 23.7 Å². The molecule has 0 spiro atoms. The molecule has 0 aliphatic carbocycles. The van der Waals surface area contributed by atoms with Gasteiger partial charge in [0.2, 0.25) is 5.91 Å². The van der Waals surface area contributed by atoms with Crippen LogP contribution in [0.2, 0.25) is 5.02 Å². The van der Waals surface area contributed by atoms with Gasteiger partial charge in [-0.15, -0.1) is 11.8 Å². The second-order valence-electron chi connectivity index (χ2n) is 5.30. The van der Waals surface area contributed by atoms with Gasteiger partial charge in [-0.05, 0) is 42.3 Å². The van der Waals surface area contributed by atoms with Crippen molar-refractivity contribution in [3.8, 4) is 0 Å². The van der Waals surface area contributed by atoms with E-state index < -0.39 is 5.97 Å². The van der Waals surface area contributed by atoms with E-state index in [4.69, 9.17) is 11.6 Å². The Morgan fingerprint density at radius 1 is 1.24 bits per heavy atom. The summed E-state index contributed by atoms with van der Waals surface area (Å²) in [5.41, 5.74) is 2.23. The van der Waals surface area contributed by atoms with E-state index >= 15 is 0 Å². The van der Waals surface area contributed by atoms with Crippen molar-refractivity contribution in [2.75, 3.05) is 18.2 Å². The van der Waals surface area contributed by atoms with Gasteiger partial charge in [-0.2, -0.15) is 0 Å². The van der Waals surface area contributed by atoms with Crippen LogP contribution in [0.25, 0.3) is 0 Å². The van der Waals surface area contributed by atoms with E-state index in [1.165, 1.54) is 24.9 Å². The number of anilines is 1. The number of thioether (sulfide) groups is 1. The summed E-state index contributed by atoms with van der Waals surface area (Å²) in [6.45, 7) is 1.83. The number of methoxy groups -OCH3 is 1. The first-order chi connectivity index (χ1) is 11.9. The summed E-state index contributed by atoms with van der Waals surface area (Å²) >= 11 is 7.00. The minimum absolute atomic E-state index is 0.157. The molecular weight excluding hydrogens is 365 g/mol. The SMILES string of the molecule is COC(=O)c1ccc(C)c(NC(=O)CSCc2ccc(Cl)cc2F)c1. The maximum atomic E-state index is 13.7. The molecule has 0 radical (unpaired) electrons. The first-order valence-electron chi connectivity index (χ1n) is 7.41. The number of halogens is 2. The highest BCUT2D eigenvalue weighted by Crippen LogP contribution is 2.21. The lowest BCUT2D eigenvalue weighted by molar-refractivity contribution is -0.113. The summed E-state index contributed by atoms with van der Waals surface area (Å²) in [4.78, 5) is 23.6. The molecule has 2 aromatic rings. The fourth-order valence-corrected chi connectivity index (χ4v) is 3.05. The molecule has 25 heavy (non-hydrogen) atoms. The number of carbonyl (C=O) groups is 2. The summed E-state index contributed by atoms with van der Waals surface area (Å²) < 4.78 is 18.4. The third-order valence-corrected chi connectivity index (χ3v) is 4.66. The van der Waals surface area contributed by atoms with Crippen LogP contribution >= 0.6 is 23.4 Å². The molecule has 0 fully saturated rings. The van der Waals surface area contributed by atoms with Gasteiger partial charge in [0.15, 0.2) is 0 Å².